The first kappa shape index (κ1) is 26.4. The van der Waals surface area contributed by atoms with Gasteiger partial charge in [0, 0.05) is 0 Å². The summed E-state index contributed by atoms with van der Waals surface area (Å²) < 4.78 is 9.43. The van der Waals surface area contributed by atoms with E-state index in [9.17, 15) is 19.7 Å². The van der Waals surface area contributed by atoms with Gasteiger partial charge < -0.3 is 0 Å². The number of carbonyl (C=O) groups excluding carboxylic acids is 2. The molecule has 0 aliphatic rings. The van der Waals surface area contributed by atoms with Crippen LogP contribution in [0.3, 0.4) is 0 Å². The minimum absolute atomic E-state index is 0.0355. The van der Waals surface area contributed by atoms with Gasteiger partial charge in [0.2, 0.25) is 0 Å². The summed E-state index contributed by atoms with van der Waals surface area (Å²) >= 11 is -3.00. The summed E-state index contributed by atoms with van der Waals surface area (Å²) in [6.07, 6.45) is 6.76. The first-order chi connectivity index (χ1) is 14.4. The van der Waals surface area contributed by atoms with E-state index < -0.39 is 23.7 Å². The van der Waals surface area contributed by atoms with Gasteiger partial charge in [0.25, 0.3) is 0 Å². The number of non-ortho nitro benzene ring substituents is 1. The van der Waals surface area contributed by atoms with E-state index in [-0.39, 0.29) is 30.4 Å². The monoisotopic (exact) mass is 528 g/mol. The molecule has 0 saturated carbocycles. The number of anilines is 1. The number of hydrogen-bond acceptors (Lipinski definition) is 5. The molecule has 1 N–H and O–H groups in total. The number of hydrogen-bond donors (Lipinski definition) is 1. The predicted octanol–water partition coefficient (Wildman–Crippen LogP) is 6.20. The zero-order valence-corrected chi connectivity index (χ0v) is 21.4. The summed E-state index contributed by atoms with van der Waals surface area (Å²) in [4.78, 5) is 35.0. The van der Waals surface area contributed by atoms with Gasteiger partial charge in [0.1, 0.15) is 0 Å². The van der Waals surface area contributed by atoms with Gasteiger partial charge in [-0.05, 0) is 0 Å². The molecule has 0 fully saturated rings. The van der Waals surface area contributed by atoms with Crippen LogP contribution in [0.4, 0.5) is 11.4 Å². The standard InChI is InChI=1S/C10H10N2O5.3C4H9.Sn/c13-9(5-6-10(14)15)11-7-1-3-8(4-2-7)12(16)17;3*1-3-4-2;/h1-4H,5-6H2,(H,11,13)(H,14,15);3*1,3-4H2,2H3;/q;;;;+1/p-1. The first-order valence-corrected chi connectivity index (χ1v) is 18.3. The van der Waals surface area contributed by atoms with E-state index in [2.05, 4.69) is 26.1 Å². The van der Waals surface area contributed by atoms with E-state index >= 15 is 0 Å². The van der Waals surface area contributed by atoms with E-state index in [0.29, 0.717) is 5.69 Å². The van der Waals surface area contributed by atoms with Crippen LogP contribution in [0.25, 0.3) is 0 Å². The van der Waals surface area contributed by atoms with E-state index in [1.165, 1.54) is 24.3 Å². The van der Waals surface area contributed by atoms with Gasteiger partial charge in [-0.25, -0.2) is 0 Å². The molecule has 1 aromatic rings. The van der Waals surface area contributed by atoms with Crippen molar-refractivity contribution in [2.75, 3.05) is 5.32 Å². The van der Waals surface area contributed by atoms with Gasteiger partial charge >= 0.3 is 185 Å². The van der Waals surface area contributed by atoms with Crippen LogP contribution in [0.5, 0.6) is 0 Å². The number of rotatable bonds is 15. The van der Waals surface area contributed by atoms with Crippen molar-refractivity contribution in [1.82, 2.24) is 0 Å². The van der Waals surface area contributed by atoms with E-state index in [4.69, 9.17) is 3.07 Å². The Morgan fingerprint density at radius 1 is 0.933 bits per heavy atom. The topological polar surface area (TPSA) is 98.5 Å². The third kappa shape index (κ3) is 9.91. The zero-order chi connectivity index (χ0) is 22.4. The van der Waals surface area contributed by atoms with E-state index in [0.717, 1.165) is 51.8 Å². The number of carbonyl (C=O) groups is 2. The molecule has 0 aliphatic carbocycles. The number of nitrogens with zero attached hydrogens (tertiary/aromatic N) is 1. The van der Waals surface area contributed by atoms with Crippen molar-refractivity contribution >= 4 is 42.0 Å². The third-order valence-corrected chi connectivity index (χ3v) is 17.9. The normalized spacial score (nSPS) is 11.2. The molecular weight excluding hydrogens is 491 g/mol. The second-order valence-corrected chi connectivity index (χ2v) is 19.4. The van der Waals surface area contributed by atoms with Crippen LogP contribution in [-0.2, 0) is 12.7 Å². The fraction of sp³-hybridized carbons (Fsp3) is 0.636. The summed E-state index contributed by atoms with van der Waals surface area (Å²) in [5, 5.41) is 13.4. The van der Waals surface area contributed by atoms with Crippen molar-refractivity contribution in [3.63, 3.8) is 0 Å². The van der Waals surface area contributed by atoms with Crippen LogP contribution in [0, 0.1) is 10.1 Å². The summed E-state index contributed by atoms with van der Waals surface area (Å²) in [5.74, 6) is -0.537. The molecule has 30 heavy (non-hydrogen) atoms. The van der Waals surface area contributed by atoms with Crippen molar-refractivity contribution in [3.8, 4) is 0 Å². The molecule has 1 rings (SSSR count). The number of benzene rings is 1. The Kier molecular flexibility index (Phi) is 12.7. The molecule has 7 nitrogen and oxygen atoms in total. The fourth-order valence-corrected chi connectivity index (χ4v) is 16.7. The number of amides is 1. The molecule has 1 amide bonds. The molecule has 0 atom stereocenters. The average molecular weight is 527 g/mol. The summed E-state index contributed by atoms with van der Waals surface area (Å²) in [7, 11) is 0. The number of nitrogens with one attached hydrogen (secondary N) is 1. The van der Waals surface area contributed by atoms with Gasteiger partial charge in [-0.3, -0.25) is 0 Å². The molecule has 0 aliphatic heterocycles. The second kappa shape index (κ2) is 14.4. The SMILES string of the molecule is CCC[CH2][Sn]([CH2]CCC)([CH2]CCC)[O]C(=O)CCC(=O)Nc1ccc([N+](=O)[O-])cc1. The molecule has 168 valence electrons. The minimum atomic E-state index is -3.00. The number of nitro groups is 1. The van der Waals surface area contributed by atoms with E-state index in [1.807, 2.05) is 0 Å². The van der Waals surface area contributed by atoms with Gasteiger partial charge in [-0.1, -0.05) is 0 Å². The number of nitro benzene ring substituents is 1. The molecule has 8 heteroatoms. The Labute approximate surface area is 184 Å². The van der Waals surface area contributed by atoms with Crippen molar-refractivity contribution in [1.29, 1.82) is 0 Å². The predicted molar refractivity (Wildman–Crippen MR) is 122 cm³/mol. The molecule has 0 radical (unpaired) electrons. The second-order valence-electron chi connectivity index (χ2n) is 7.82. The molecule has 0 heterocycles. The molecule has 0 unspecified atom stereocenters. The number of unbranched alkanes of at least 4 members (excludes halogenated alkanes) is 3. The summed E-state index contributed by atoms with van der Waals surface area (Å²) in [6.45, 7) is 6.50. The quantitative estimate of drug-likeness (QED) is 0.166. The van der Waals surface area contributed by atoms with Crippen LogP contribution >= 0.6 is 0 Å². The van der Waals surface area contributed by atoms with Crippen molar-refractivity contribution in [2.24, 2.45) is 0 Å². The molecule has 0 bridgehead atoms. The van der Waals surface area contributed by atoms with Crippen LogP contribution in [0.2, 0.25) is 13.3 Å². The van der Waals surface area contributed by atoms with Crippen LogP contribution in [0.1, 0.15) is 72.1 Å². The Hall–Kier alpha value is -1.64. The van der Waals surface area contributed by atoms with Crippen LogP contribution in [-0.4, -0.2) is 35.6 Å². The summed E-state index contributed by atoms with van der Waals surface area (Å²) in [5.41, 5.74) is 0.438. The molecular formula is C22H36N2O5Sn. The molecule has 0 saturated heterocycles. The fourth-order valence-electron chi connectivity index (χ4n) is 3.42. The molecule has 1 aromatic carbocycles. The van der Waals surface area contributed by atoms with Crippen LogP contribution < -0.4 is 5.32 Å². The van der Waals surface area contributed by atoms with E-state index in [1.54, 1.807) is 0 Å². The summed E-state index contributed by atoms with van der Waals surface area (Å²) in [6, 6.07) is 5.63. The molecule has 0 spiro atoms. The van der Waals surface area contributed by atoms with Crippen molar-refractivity contribution in [2.45, 2.75) is 85.4 Å². The Balaban J connectivity index is 2.63. The molecule has 0 aromatic heterocycles. The first-order valence-electron chi connectivity index (χ1n) is 11.1. The van der Waals surface area contributed by atoms with Gasteiger partial charge in [-0.2, -0.15) is 0 Å². The van der Waals surface area contributed by atoms with Crippen molar-refractivity contribution in [3.05, 3.63) is 34.4 Å². The van der Waals surface area contributed by atoms with Gasteiger partial charge in [-0.15, -0.1) is 0 Å². The van der Waals surface area contributed by atoms with Gasteiger partial charge in [0.05, 0.1) is 0 Å². The van der Waals surface area contributed by atoms with Crippen molar-refractivity contribution < 1.29 is 17.6 Å². The maximum atomic E-state index is 12.6. The Bertz CT molecular complexity index is 657. The van der Waals surface area contributed by atoms with Crippen LogP contribution in [0.15, 0.2) is 24.3 Å². The Morgan fingerprint density at radius 2 is 1.43 bits per heavy atom. The maximum absolute atomic E-state index is 12.6. The zero-order valence-electron chi connectivity index (χ0n) is 18.6. The average Bonchev–Trinajstić information content (AvgIpc) is 2.73. The Morgan fingerprint density at radius 3 is 1.87 bits per heavy atom. The third-order valence-electron chi connectivity index (χ3n) is 5.21. The van der Waals surface area contributed by atoms with Gasteiger partial charge in [0.15, 0.2) is 0 Å².